The second-order valence-corrected chi connectivity index (χ2v) is 5.95. The highest BCUT2D eigenvalue weighted by molar-refractivity contribution is 5.74. The summed E-state index contributed by atoms with van der Waals surface area (Å²) in [6.45, 7) is 6.75. The molecule has 0 unspecified atom stereocenters. The van der Waals surface area contributed by atoms with Crippen molar-refractivity contribution in [2.24, 2.45) is 0 Å². The number of aromatic nitrogens is 2. The van der Waals surface area contributed by atoms with E-state index >= 15 is 0 Å². The van der Waals surface area contributed by atoms with Gasteiger partial charge in [-0.05, 0) is 19.1 Å². The first-order valence-corrected chi connectivity index (χ1v) is 7.96. The molecule has 2 aromatic heterocycles. The molecule has 1 aliphatic rings. The molecule has 3 rings (SSSR count). The highest BCUT2D eigenvalue weighted by Gasteiger charge is 2.22. The third-order valence-electron chi connectivity index (χ3n) is 4.03. The number of piperazine rings is 1. The van der Waals surface area contributed by atoms with Crippen LogP contribution < -0.4 is 5.32 Å². The Balaban J connectivity index is 1.41. The summed E-state index contributed by atoms with van der Waals surface area (Å²) in [6, 6.07) is 3.96. The fourth-order valence-corrected chi connectivity index (χ4v) is 2.79. The minimum Gasteiger partial charge on any atom is -0.468 e. The van der Waals surface area contributed by atoms with Gasteiger partial charge in [-0.25, -0.2) is 9.78 Å². The van der Waals surface area contributed by atoms with Crippen LogP contribution >= 0.6 is 0 Å². The number of hydrogen-bond acceptors (Lipinski definition) is 4. The monoisotopic (exact) mass is 317 g/mol. The molecule has 7 heteroatoms. The van der Waals surface area contributed by atoms with Crippen LogP contribution in [0.2, 0.25) is 0 Å². The standard InChI is InChI=1S/C16H23N5O2/c1-14(11-20-5-4-17-13-20)18-16(22)21-8-6-19(7-9-21)12-15-3-2-10-23-15/h2-5,10,13-14H,6-9,11-12H2,1H3,(H,18,22)/t14-/m0/s1. The van der Waals surface area contributed by atoms with Crippen molar-refractivity contribution in [2.45, 2.75) is 26.1 Å². The number of amides is 2. The number of carbonyl (C=O) groups excluding carboxylic acids is 1. The minimum atomic E-state index is 0.00950. The molecule has 1 aliphatic heterocycles. The van der Waals surface area contributed by atoms with Gasteiger partial charge >= 0.3 is 6.03 Å². The maximum atomic E-state index is 12.3. The molecule has 1 saturated heterocycles. The number of carbonyl (C=O) groups is 1. The molecule has 3 heterocycles. The Bertz CT molecular complexity index is 588. The van der Waals surface area contributed by atoms with E-state index in [4.69, 9.17) is 4.42 Å². The van der Waals surface area contributed by atoms with Crippen LogP contribution in [0, 0.1) is 0 Å². The van der Waals surface area contributed by atoms with Crippen LogP contribution in [0.1, 0.15) is 12.7 Å². The van der Waals surface area contributed by atoms with E-state index < -0.39 is 0 Å². The van der Waals surface area contributed by atoms with E-state index in [0.29, 0.717) is 0 Å². The second-order valence-electron chi connectivity index (χ2n) is 5.95. The van der Waals surface area contributed by atoms with Crippen molar-refractivity contribution in [1.29, 1.82) is 0 Å². The van der Waals surface area contributed by atoms with Crippen LogP contribution in [0.3, 0.4) is 0 Å². The minimum absolute atomic E-state index is 0.00950. The van der Waals surface area contributed by atoms with Crippen LogP contribution in [0.15, 0.2) is 41.5 Å². The third-order valence-corrected chi connectivity index (χ3v) is 4.03. The average molecular weight is 317 g/mol. The lowest BCUT2D eigenvalue weighted by atomic mass is 10.3. The zero-order valence-electron chi connectivity index (χ0n) is 13.4. The van der Waals surface area contributed by atoms with Crippen molar-refractivity contribution < 1.29 is 9.21 Å². The first kappa shape index (κ1) is 15.6. The van der Waals surface area contributed by atoms with Crippen LogP contribution in [0.25, 0.3) is 0 Å². The summed E-state index contributed by atoms with van der Waals surface area (Å²) < 4.78 is 7.34. The smallest absolute Gasteiger partial charge is 0.317 e. The maximum absolute atomic E-state index is 12.3. The molecule has 7 nitrogen and oxygen atoms in total. The molecule has 0 bridgehead atoms. The van der Waals surface area contributed by atoms with Gasteiger partial charge in [0.2, 0.25) is 0 Å². The van der Waals surface area contributed by atoms with Gasteiger partial charge < -0.3 is 19.2 Å². The van der Waals surface area contributed by atoms with Crippen molar-refractivity contribution in [3.05, 3.63) is 42.9 Å². The molecule has 1 fully saturated rings. The topological polar surface area (TPSA) is 66.5 Å². The average Bonchev–Trinajstić information content (AvgIpc) is 3.21. The third kappa shape index (κ3) is 4.35. The highest BCUT2D eigenvalue weighted by Crippen LogP contribution is 2.09. The van der Waals surface area contributed by atoms with Gasteiger partial charge in [0.25, 0.3) is 0 Å². The Kier molecular flexibility index (Phi) is 4.97. The lowest BCUT2D eigenvalue weighted by Crippen LogP contribution is -2.53. The molecule has 1 atom stereocenters. The van der Waals surface area contributed by atoms with Gasteiger partial charge in [-0.3, -0.25) is 4.90 Å². The number of urea groups is 1. The number of nitrogens with zero attached hydrogens (tertiary/aromatic N) is 4. The van der Waals surface area contributed by atoms with Crippen molar-refractivity contribution in [1.82, 2.24) is 24.7 Å². The molecule has 2 aromatic rings. The summed E-state index contributed by atoms with van der Waals surface area (Å²) in [4.78, 5) is 20.5. The van der Waals surface area contributed by atoms with E-state index in [9.17, 15) is 4.79 Å². The van der Waals surface area contributed by atoms with Crippen molar-refractivity contribution in [2.75, 3.05) is 26.2 Å². The van der Waals surface area contributed by atoms with Gasteiger partial charge in [0.15, 0.2) is 0 Å². The summed E-state index contributed by atoms with van der Waals surface area (Å²) >= 11 is 0. The van der Waals surface area contributed by atoms with E-state index in [1.54, 1.807) is 18.8 Å². The summed E-state index contributed by atoms with van der Waals surface area (Å²) in [6.07, 6.45) is 7.10. The number of hydrogen-bond donors (Lipinski definition) is 1. The fraction of sp³-hybridized carbons (Fsp3) is 0.500. The van der Waals surface area contributed by atoms with Gasteiger partial charge in [-0.2, -0.15) is 0 Å². The molecule has 124 valence electrons. The van der Waals surface area contributed by atoms with E-state index in [-0.39, 0.29) is 12.1 Å². The van der Waals surface area contributed by atoms with E-state index in [1.807, 2.05) is 34.7 Å². The largest absolute Gasteiger partial charge is 0.468 e. The molecular formula is C16H23N5O2. The van der Waals surface area contributed by atoms with Crippen LogP contribution in [0.5, 0.6) is 0 Å². The van der Waals surface area contributed by atoms with Gasteiger partial charge in [-0.1, -0.05) is 0 Å². The Labute approximate surface area is 135 Å². The Morgan fingerprint density at radius 2 is 2.22 bits per heavy atom. The number of rotatable bonds is 5. The second kappa shape index (κ2) is 7.32. The number of nitrogens with one attached hydrogen (secondary N) is 1. The molecule has 0 saturated carbocycles. The molecule has 0 aliphatic carbocycles. The lowest BCUT2D eigenvalue weighted by molar-refractivity contribution is 0.128. The molecule has 1 N–H and O–H groups in total. The zero-order valence-corrected chi connectivity index (χ0v) is 13.4. The fourth-order valence-electron chi connectivity index (χ4n) is 2.79. The quantitative estimate of drug-likeness (QED) is 0.905. The SMILES string of the molecule is C[C@@H](Cn1ccnc1)NC(=O)N1CCN(Cc2ccco2)CC1. The Morgan fingerprint density at radius 1 is 1.39 bits per heavy atom. The number of imidazole rings is 1. The molecule has 2 amide bonds. The van der Waals surface area contributed by atoms with Crippen LogP contribution in [-0.4, -0.2) is 57.6 Å². The molecule has 0 spiro atoms. The van der Waals surface area contributed by atoms with Crippen molar-refractivity contribution >= 4 is 6.03 Å². The highest BCUT2D eigenvalue weighted by atomic mass is 16.3. The van der Waals surface area contributed by atoms with Gasteiger partial charge in [0, 0.05) is 51.2 Å². The van der Waals surface area contributed by atoms with E-state index in [2.05, 4.69) is 15.2 Å². The summed E-state index contributed by atoms with van der Waals surface area (Å²) in [5.74, 6) is 0.969. The van der Waals surface area contributed by atoms with Crippen molar-refractivity contribution in [3.63, 3.8) is 0 Å². The summed E-state index contributed by atoms with van der Waals surface area (Å²) in [5.41, 5.74) is 0. The van der Waals surface area contributed by atoms with Crippen LogP contribution in [-0.2, 0) is 13.1 Å². The molecule has 0 aromatic carbocycles. The first-order chi connectivity index (χ1) is 11.2. The first-order valence-electron chi connectivity index (χ1n) is 7.96. The lowest BCUT2D eigenvalue weighted by Gasteiger charge is -2.34. The predicted molar refractivity (Wildman–Crippen MR) is 85.8 cm³/mol. The van der Waals surface area contributed by atoms with Crippen molar-refractivity contribution in [3.8, 4) is 0 Å². The molecular weight excluding hydrogens is 294 g/mol. The van der Waals surface area contributed by atoms with Gasteiger partial charge in [0.1, 0.15) is 5.76 Å². The van der Waals surface area contributed by atoms with Crippen LogP contribution in [0.4, 0.5) is 4.79 Å². The molecule has 0 radical (unpaired) electrons. The predicted octanol–water partition coefficient (Wildman–Crippen LogP) is 1.39. The number of furan rings is 1. The maximum Gasteiger partial charge on any atom is 0.317 e. The van der Waals surface area contributed by atoms with E-state index in [0.717, 1.165) is 45.0 Å². The zero-order chi connectivity index (χ0) is 16.1. The van der Waals surface area contributed by atoms with Gasteiger partial charge in [-0.15, -0.1) is 0 Å². The Hall–Kier alpha value is -2.28. The summed E-state index contributed by atoms with van der Waals surface area (Å²) in [7, 11) is 0. The molecule has 23 heavy (non-hydrogen) atoms. The Morgan fingerprint density at radius 3 is 2.87 bits per heavy atom. The van der Waals surface area contributed by atoms with Gasteiger partial charge in [0.05, 0.1) is 19.1 Å². The van der Waals surface area contributed by atoms with E-state index in [1.165, 1.54) is 0 Å². The summed E-state index contributed by atoms with van der Waals surface area (Å²) in [5, 5.41) is 3.05. The normalized spacial score (nSPS) is 17.2.